The molecule has 0 amide bonds. The number of allylic oxidation sites excluding steroid dienone is 1. The van der Waals surface area contributed by atoms with E-state index >= 15 is 0 Å². The van der Waals surface area contributed by atoms with Crippen molar-refractivity contribution in [2.24, 2.45) is 0 Å². The van der Waals surface area contributed by atoms with Crippen molar-refractivity contribution in [3.8, 4) is 0 Å². The fourth-order valence-electron chi connectivity index (χ4n) is 0.845. The minimum absolute atomic E-state index is 0.222. The van der Waals surface area contributed by atoms with Crippen LogP contribution in [0.3, 0.4) is 0 Å². The molecule has 3 nitrogen and oxygen atoms in total. The second-order valence-corrected chi connectivity index (χ2v) is 2.45. The summed E-state index contributed by atoms with van der Waals surface area (Å²) in [5.74, 6) is 0. The first-order valence-electron chi connectivity index (χ1n) is 4.77. The van der Waals surface area contributed by atoms with Gasteiger partial charge in [-0.25, -0.2) is 0 Å². The summed E-state index contributed by atoms with van der Waals surface area (Å²) >= 11 is 0. The van der Waals surface area contributed by atoms with Crippen LogP contribution in [0.15, 0.2) is 12.2 Å². The maximum Gasteiger partial charge on any atom is 0.180 e. The summed E-state index contributed by atoms with van der Waals surface area (Å²) in [6.45, 7) is 8.26. The van der Waals surface area contributed by atoms with Crippen LogP contribution in [0, 0.1) is 0 Å². The molecule has 0 atom stereocenters. The van der Waals surface area contributed by atoms with Crippen LogP contribution in [-0.2, 0) is 14.2 Å². The van der Waals surface area contributed by atoms with Crippen LogP contribution in [0.25, 0.3) is 0 Å². The second-order valence-electron chi connectivity index (χ2n) is 2.45. The number of ether oxygens (including phenoxy) is 3. The Labute approximate surface area is 80.7 Å². The Balaban J connectivity index is 3.43. The molecule has 0 aromatic carbocycles. The molecule has 0 heterocycles. The molecule has 0 aromatic heterocycles. The van der Waals surface area contributed by atoms with Crippen LogP contribution < -0.4 is 0 Å². The van der Waals surface area contributed by atoms with Gasteiger partial charge >= 0.3 is 0 Å². The van der Waals surface area contributed by atoms with Gasteiger partial charge in [-0.2, -0.15) is 0 Å². The van der Waals surface area contributed by atoms with Gasteiger partial charge in [0.05, 0.1) is 13.2 Å². The minimum atomic E-state index is -0.222. The average Bonchev–Trinajstić information content (AvgIpc) is 2.13. The van der Waals surface area contributed by atoms with Crippen molar-refractivity contribution in [2.75, 3.05) is 26.4 Å². The van der Waals surface area contributed by atoms with E-state index in [0.717, 1.165) is 0 Å². The van der Waals surface area contributed by atoms with Crippen LogP contribution in [0.5, 0.6) is 0 Å². The zero-order chi connectivity index (χ0) is 9.94. The molecule has 0 saturated carbocycles. The molecule has 0 aromatic rings. The van der Waals surface area contributed by atoms with Crippen molar-refractivity contribution in [3.05, 3.63) is 12.2 Å². The van der Waals surface area contributed by atoms with Crippen molar-refractivity contribution >= 4 is 0 Å². The molecule has 0 bridgehead atoms. The van der Waals surface area contributed by atoms with Crippen molar-refractivity contribution in [2.45, 2.75) is 27.1 Å². The SMILES string of the molecule is CC=CCOCC(OCC)OCC. The molecule has 0 rings (SSSR count). The van der Waals surface area contributed by atoms with E-state index < -0.39 is 0 Å². The molecule has 0 radical (unpaired) electrons. The van der Waals surface area contributed by atoms with Gasteiger partial charge in [0.15, 0.2) is 6.29 Å². The van der Waals surface area contributed by atoms with Crippen LogP contribution in [0.2, 0.25) is 0 Å². The fourth-order valence-corrected chi connectivity index (χ4v) is 0.845. The van der Waals surface area contributed by atoms with Crippen LogP contribution in [0.4, 0.5) is 0 Å². The molecule has 0 N–H and O–H groups in total. The normalized spacial score (nSPS) is 11.7. The summed E-state index contributed by atoms with van der Waals surface area (Å²) in [5, 5.41) is 0. The first kappa shape index (κ1) is 12.6. The van der Waals surface area contributed by atoms with Crippen LogP contribution >= 0.6 is 0 Å². The maximum absolute atomic E-state index is 5.30. The van der Waals surface area contributed by atoms with E-state index in [9.17, 15) is 0 Å². The predicted molar refractivity (Wildman–Crippen MR) is 52.7 cm³/mol. The monoisotopic (exact) mass is 188 g/mol. The lowest BCUT2D eigenvalue weighted by atomic mass is 10.5. The Morgan fingerprint density at radius 1 is 1.15 bits per heavy atom. The van der Waals surface area contributed by atoms with Crippen molar-refractivity contribution in [1.82, 2.24) is 0 Å². The first-order chi connectivity index (χ1) is 6.35. The molecule has 0 aliphatic rings. The predicted octanol–water partition coefficient (Wildman–Crippen LogP) is 1.98. The molecule has 0 fully saturated rings. The Morgan fingerprint density at radius 2 is 1.77 bits per heavy atom. The lowest BCUT2D eigenvalue weighted by Crippen LogP contribution is -2.23. The minimum Gasteiger partial charge on any atom is -0.372 e. The van der Waals surface area contributed by atoms with E-state index in [4.69, 9.17) is 14.2 Å². The van der Waals surface area contributed by atoms with Gasteiger partial charge < -0.3 is 14.2 Å². The van der Waals surface area contributed by atoms with Crippen molar-refractivity contribution < 1.29 is 14.2 Å². The van der Waals surface area contributed by atoms with Crippen molar-refractivity contribution in [1.29, 1.82) is 0 Å². The largest absolute Gasteiger partial charge is 0.372 e. The van der Waals surface area contributed by atoms with Gasteiger partial charge in [-0.3, -0.25) is 0 Å². The van der Waals surface area contributed by atoms with Crippen molar-refractivity contribution in [3.63, 3.8) is 0 Å². The number of hydrogen-bond donors (Lipinski definition) is 0. The van der Waals surface area contributed by atoms with E-state index in [2.05, 4.69) is 0 Å². The molecule has 0 unspecified atom stereocenters. The highest BCUT2D eigenvalue weighted by atomic mass is 16.7. The summed E-state index contributed by atoms with van der Waals surface area (Å²) in [6, 6.07) is 0. The van der Waals surface area contributed by atoms with Gasteiger partial charge in [-0.1, -0.05) is 12.2 Å². The molecule has 3 heteroatoms. The summed E-state index contributed by atoms with van der Waals surface area (Å²) in [6.07, 6.45) is 3.69. The molecule has 0 aliphatic carbocycles. The van der Waals surface area contributed by atoms with Gasteiger partial charge in [0.2, 0.25) is 0 Å². The molecule has 0 spiro atoms. The van der Waals surface area contributed by atoms with E-state index in [1.165, 1.54) is 0 Å². The smallest absolute Gasteiger partial charge is 0.180 e. The highest BCUT2D eigenvalue weighted by Gasteiger charge is 2.06. The number of hydrogen-bond acceptors (Lipinski definition) is 3. The lowest BCUT2D eigenvalue weighted by Gasteiger charge is -2.16. The number of rotatable bonds is 8. The van der Waals surface area contributed by atoms with E-state index in [-0.39, 0.29) is 6.29 Å². The standard InChI is InChI=1S/C10H20O3/c1-4-7-8-11-9-10(12-5-2)13-6-3/h4,7,10H,5-6,8-9H2,1-3H3. The molecular weight excluding hydrogens is 168 g/mol. The molecule has 13 heavy (non-hydrogen) atoms. The molecule has 0 aliphatic heterocycles. The zero-order valence-electron chi connectivity index (χ0n) is 8.79. The fraction of sp³-hybridized carbons (Fsp3) is 0.800. The summed E-state index contributed by atoms with van der Waals surface area (Å²) in [5.41, 5.74) is 0. The van der Waals surface area contributed by atoms with Gasteiger partial charge in [0.25, 0.3) is 0 Å². The van der Waals surface area contributed by atoms with E-state index in [1.54, 1.807) is 0 Å². The van der Waals surface area contributed by atoms with E-state index in [0.29, 0.717) is 26.4 Å². The van der Waals surface area contributed by atoms with E-state index in [1.807, 2.05) is 32.9 Å². The lowest BCUT2D eigenvalue weighted by molar-refractivity contribution is -0.165. The summed E-state index contributed by atoms with van der Waals surface area (Å²) in [7, 11) is 0. The highest BCUT2D eigenvalue weighted by molar-refractivity contribution is 4.75. The van der Waals surface area contributed by atoms with Gasteiger partial charge in [-0.15, -0.1) is 0 Å². The third-order valence-electron chi connectivity index (χ3n) is 1.41. The molecule has 78 valence electrons. The Bertz CT molecular complexity index is 117. The quantitative estimate of drug-likeness (QED) is 0.331. The highest BCUT2D eigenvalue weighted by Crippen LogP contribution is 1.96. The second kappa shape index (κ2) is 9.71. The summed E-state index contributed by atoms with van der Waals surface area (Å²) < 4.78 is 15.9. The first-order valence-corrected chi connectivity index (χ1v) is 4.77. The van der Waals surface area contributed by atoms with Gasteiger partial charge in [0, 0.05) is 13.2 Å². The van der Waals surface area contributed by atoms with Gasteiger partial charge in [-0.05, 0) is 20.8 Å². The molecular formula is C10H20O3. The third kappa shape index (κ3) is 7.96. The average molecular weight is 188 g/mol. The van der Waals surface area contributed by atoms with Crippen LogP contribution in [0.1, 0.15) is 20.8 Å². The Hall–Kier alpha value is -0.380. The Kier molecular flexibility index (Phi) is 9.42. The maximum atomic E-state index is 5.30. The zero-order valence-corrected chi connectivity index (χ0v) is 8.79. The van der Waals surface area contributed by atoms with Crippen LogP contribution in [-0.4, -0.2) is 32.7 Å². The Morgan fingerprint density at radius 3 is 2.23 bits per heavy atom. The third-order valence-corrected chi connectivity index (χ3v) is 1.41. The molecule has 0 saturated heterocycles. The topological polar surface area (TPSA) is 27.7 Å². The summed E-state index contributed by atoms with van der Waals surface area (Å²) in [4.78, 5) is 0. The van der Waals surface area contributed by atoms with Gasteiger partial charge in [0.1, 0.15) is 0 Å².